The molecule has 1 aromatic rings. The van der Waals surface area contributed by atoms with Crippen molar-refractivity contribution in [2.45, 2.75) is 18.9 Å². The van der Waals surface area contributed by atoms with Gasteiger partial charge in [0.25, 0.3) is 5.91 Å². The number of nitrogens with zero attached hydrogens (tertiary/aromatic N) is 1. The molecule has 1 amide bonds. The van der Waals surface area contributed by atoms with Gasteiger partial charge in [0.15, 0.2) is 11.6 Å². The topological polar surface area (TPSA) is 66.8 Å². The predicted octanol–water partition coefficient (Wildman–Crippen LogP) is 1.52. The molecular weight excluding hydrogens is 253 g/mol. The zero-order valence-electron chi connectivity index (χ0n) is 10.6. The fourth-order valence-electron chi connectivity index (χ4n) is 2.06. The molecule has 0 radical (unpaired) electrons. The maximum atomic E-state index is 13.5. The third-order valence-electron chi connectivity index (χ3n) is 3.52. The Morgan fingerprint density at radius 2 is 2.16 bits per heavy atom. The lowest BCUT2D eigenvalue weighted by atomic mass is 9.86. The van der Waals surface area contributed by atoms with Crippen LogP contribution in [0.1, 0.15) is 23.7 Å². The highest BCUT2D eigenvalue weighted by Crippen LogP contribution is 2.32. The first-order chi connectivity index (χ1) is 8.90. The van der Waals surface area contributed by atoms with Crippen molar-refractivity contribution in [3.05, 3.63) is 29.6 Å². The molecule has 2 rings (SSSR count). The molecule has 0 aromatic heterocycles. The minimum Gasteiger partial charge on any atom is -0.494 e. The van der Waals surface area contributed by atoms with Crippen molar-refractivity contribution >= 4 is 11.9 Å². The molecule has 0 aliphatic carbocycles. The number of methoxy groups -OCH3 is 1. The molecular formula is C13H14FNO4. The van der Waals surface area contributed by atoms with Crippen LogP contribution < -0.4 is 4.74 Å². The minimum absolute atomic E-state index is 0.0427. The van der Waals surface area contributed by atoms with Gasteiger partial charge >= 0.3 is 5.97 Å². The fourth-order valence-corrected chi connectivity index (χ4v) is 2.06. The number of ether oxygens (including phenoxy) is 1. The summed E-state index contributed by atoms with van der Waals surface area (Å²) in [5, 5.41) is 9.11. The number of carbonyl (C=O) groups is 2. The number of carboxylic acids is 1. The van der Waals surface area contributed by atoms with Crippen LogP contribution in [0.3, 0.4) is 0 Å². The number of hydrogen-bond donors (Lipinski definition) is 1. The van der Waals surface area contributed by atoms with Gasteiger partial charge in [0, 0.05) is 12.1 Å². The Morgan fingerprint density at radius 1 is 1.47 bits per heavy atom. The molecule has 1 unspecified atom stereocenters. The van der Waals surface area contributed by atoms with Gasteiger partial charge in [-0.1, -0.05) is 0 Å². The second-order valence-electron chi connectivity index (χ2n) is 4.64. The maximum Gasteiger partial charge on any atom is 0.329 e. The summed E-state index contributed by atoms with van der Waals surface area (Å²) in [6.07, 6.45) is 0.396. The van der Waals surface area contributed by atoms with E-state index in [4.69, 9.17) is 9.84 Å². The van der Waals surface area contributed by atoms with Crippen molar-refractivity contribution in [1.82, 2.24) is 4.90 Å². The third-order valence-corrected chi connectivity index (χ3v) is 3.52. The van der Waals surface area contributed by atoms with E-state index in [0.29, 0.717) is 13.0 Å². The van der Waals surface area contributed by atoms with E-state index in [0.717, 1.165) is 6.07 Å². The Labute approximate surface area is 109 Å². The highest BCUT2D eigenvalue weighted by molar-refractivity contribution is 5.99. The number of rotatable bonds is 3. The van der Waals surface area contributed by atoms with Gasteiger partial charge in [-0.2, -0.15) is 0 Å². The number of halogens is 1. The first-order valence-electron chi connectivity index (χ1n) is 5.79. The van der Waals surface area contributed by atoms with Crippen LogP contribution in [0.2, 0.25) is 0 Å². The summed E-state index contributed by atoms with van der Waals surface area (Å²) < 4.78 is 18.3. The van der Waals surface area contributed by atoms with E-state index in [9.17, 15) is 14.0 Å². The molecule has 1 aromatic carbocycles. The number of aliphatic carboxylic acids is 1. The Kier molecular flexibility index (Phi) is 3.18. The summed E-state index contributed by atoms with van der Waals surface area (Å²) in [6.45, 7) is 1.84. The second-order valence-corrected chi connectivity index (χ2v) is 4.64. The number of carboxylic acid groups (broad SMARTS) is 1. The Bertz CT molecular complexity index is 545. The van der Waals surface area contributed by atoms with Crippen LogP contribution in [-0.2, 0) is 4.79 Å². The van der Waals surface area contributed by atoms with Crippen LogP contribution in [0.15, 0.2) is 18.2 Å². The largest absolute Gasteiger partial charge is 0.494 e. The van der Waals surface area contributed by atoms with Gasteiger partial charge in [-0.25, -0.2) is 9.18 Å². The highest BCUT2D eigenvalue weighted by Gasteiger charge is 2.49. The first-order valence-corrected chi connectivity index (χ1v) is 5.79. The van der Waals surface area contributed by atoms with E-state index in [1.165, 1.54) is 31.1 Å². The van der Waals surface area contributed by atoms with Crippen molar-refractivity contribution < 1.29 is 23.8 Å². The van der Waals surface area contributed by atoms with Gasteiger partial charge in [-0.3, -0.25) is 4.79 Å². The maximum absolute atomic E-state index is 13.5. The molecule has 0 spiro atoms. The van der Waals surface area contributed by atoms with Gasteiger partial charge < -0.3 is 14.7 Å². The minimum atomic E-state index is -1.20. The lowest BCUT2D eigenvalue weighted by Crippen LogP contribution is -2.64. The Morgan fingerprint density at radius 3 is 2.58 bits per heavy atom. The standard InChI is InChI=1S/C13H14FNO4/c1-13(12(17)18)5-6-15(13)11(16)8-3-4-10(19-2)9(14)7-8/h3-4,7H,5-6H2,1-2H3,(H,17,18). The number of likely N-dealkylation sites (tertiary alicyclic amines) is 1. The molecule has 1 fully saturated rings. The molecule has 0 bridgehead atoms. The zero-order chi connectivity index (χ0) is 14.2. The van der Waals surface area contributed by atoms with E-state index in [1.54, 1.807) is 0 Å². The van der Waals surface area contributed by atoms with E-state index in [2.05, 4.69) is 0 Å². The van der Waals surface area contributed by atoms with Crippen LogP contribution in [-0.4, -0.2) is 41.1 Å². The van der Waals surface area contributed by atoms with Gasteiger partial charge in [0.2, 0.25) is 0 Å². The molecule has 102 valence electrons. The molecule has 1 saturated heterocycles. The molecule has 1 atom stereocenters. The van der Waals surface area contributed by atoms with Crippen molar-refractivity contribution in [3.8, 4) is 5.75 Å². The molecule has 1 aliphatic heterocycles. The van der Waals surface area contributed by atoms with Crippen LogP contribution in [0.4, 0.5) is 4.39 Å². The predicted molar refractivity (Wildman–Crippen MR) is 64.6 cm³/mol. The van der Waals surface area contributed by atoms with E-state index in [-0.39, 0.29) is 11.3 Å². The summed E-state index contributed by atoms with van der Waals surface area (Å²) in [7, 11) is 1.33. The summed E-state index contributed by atoms with van der Waals surface area (Å²) in [5.41, 5.74) is -1.08. The van der Waals surface area contributed by atoms with Crippen molar-refractivity contribution in [2.24, 2.45) is 0 Å². The molecule has 1 aliphatic rings. The van der Waals surface area contributed by atoms with E-state index in [1.807, 2.05) is 0 Å². The first kappa shape index (κ1) is 13.3. The average Bonchev–Trinajstić information content (AvgIpc) is 2.36. The fraction of sp³-hybridized carbons (Fsp3) is 0.385. The van der Waals surface area contributed by atoms with Gasteiger partial charge in [0.05, 0.1) is 7.11 Å². The monoisotopic (exact) mass is 267 g/mol. The summed E-state index contributed by atoms with van der Waals surface area (Å²) in [6, 6.07) is 3.83. The van der Waals surface area contributed by atoms with E-state index < -0.39 is 23.2 Å². The SMILES string of the molecule is COc1ccc(C(=O)N2CCC2(C)C(=O)O)cc1F. The molecule has 5 nitrogen and oxygen atoms in total. The summed E-state index contributed by atoms with van der Waals surface area (Å²) in [4.78, 5) is 24.5. The molecule has 0 saturated carbocycles. The summed E-state index contributed by atoms with van der Waals surface area (Å²) in [5.74, 6) is -2.15. The lowest BCUT2D eigenvalue weighted by molar-refractivity contribution is -0.155. The number of benzene rings is 1. The van der Waals surface area contributed by atoms with Gasteiger partial charge in [-0.15, -0.1) is 0 Å². The van der Waals surface area contributed by atoms with Crippen LogP contribution in [0.25, 0.3) is 0 Å². The lowest BCUT2D eigenvalue weighted by Gasteiger charge is -2.47. The Balaban J connectivity index is 2.26. The highest BCUT2D eigenvalue weighted by atomic mass is 19.1. The summed E-state index contributed by atoms with van der Waals surface area (Å²) >= 11 is 0. The quantitative estimate of drug-likeness (QED) is 0.901. The average molecular weight is 267 g/mol. The molecule has 19 heavy (non-hydrogen) atoms. The van der Waals surface area contributed by atoms with Crippen LogP contribution >= 0.6 is 0 Å². The van der Waals surface area contributed by atoms with Crippen LogP contribution in [0, 0.1) is 5.82 Å². The molecule has 1 heterocycles. The Hall–Kier alpha value is -2.11. The van der Waals surface area contributed by atoms with Crippen molar-refractivity contribution in [3.63, 3.8) is 0 Å². The molecule has 6 heteroatoms. The van der Waals surface area contributed by atoms with E-state index >= 15 is 0 Å². The number of carbonyl (C=O) groups excluding carboxylic acids is 1. The second kappa shape index (κ2) is 4.53. The van der Waals surface area contributed by atoms with Crippen LogP contribution in [0.5, 0.6) is 5.75 Å². The molecule has 1 N–H and O–H groups in total. The zero-order valence-corrected chi connectivity index (χ0v) is 10.6. The number of amides is 1. The smallest absolute Gasteiger partial charge is 0.329 e. The number of hydrogen-bond acceptors (Lipinski definition) is 3. The van der Waals surface area contributed by atoms with Gasteiger partial charge in [-0.05, 0) is 31.5 Å². The van der Waals surface area contributed by atoms with Crippen molar-refractivity contribution in [1.29, 1.82) is 0 Å². The van der Waals surface area contributed by atoms with Gasteiger partial charge in [0.1, 0.15) is 5.54 Å². The van der Waals surface area contributed by atoms with Crippen molar-refractivity contribution in [2.75, 3.05) is 13.7 Å². The normalized spacial score (nSPS) is 21.7. The third kappa shape index (κ3) is 2.03.